The Morgan fingerprint density at radius 3 is 2.64 bits per heavy atom. The van der Waals surface area contributed by atoms with Gasteiger partial charge in [0.15, 0.2) is 5.03 Å². The maximum atomic E-state index is 14.1. The van der Waals surface area contributed by atoms with Gasteiger partial charge in [0.2, 0.25) is 9.84 Å². The first-order valence-electron chi connectivity index (χ1n) is 10.0. The number of hydrogen-bond donors (Lipinski definition) is 0. The van der Waals surface area contributed by atoms with Crippen molar-refractivity contribution in [3.63, 3.8) is 0 Å². The van der Waals surface area contributed by atoms with Gasteiger partial charge in [-0.3, -0.25) is 4.79 Å². The van der Waals surface area contributed by atoms with Gasteiger partial charge in [-0.05, 0) is 54.4 Å². The molecule has 0 N–H and O–H groups in total. The molecule has 0 aliphatic rings. The molecule has 0 aliphatic carbocycles. The van der Waals surface area contributed by atoms with Gasteiger partial charge < -0.3 is 9.30 Å². The van der Waals surface area contributed by atoms with Crippen molar-refractivity contribution >= 4 is 38.3 Å². The van der Waals surface area contributed by atoms with E-state index in [1.165, 1.54) is 37.6 Å². The first-order valence-corrected chi connectivity index (χ1v) is 11.9. The van der Waals surface area contributed by atoms with E-state index in [2.05, 4.69) is 4.98 Å². The van der Waals surface area contributed by atoms with Crippen molar-refractivity contribution < 1.29 is 22.3 Å². The SMILES string of the molecule is COC(=O)Cn1c(C)c(Cc2cccnc2S(=O)(=O)c2ccccc2Cl)c2cc(F)ccc21. The Labute approximate surface area is 195 Å². The number of hydrogen-bond acceptors (Lipinski definition) is 5. The number of nitrogens with zero attached hydrogens (tertiary/aromatic N) is 2. The van der Waals surface area contributed by atoms with Crippen LogP contribution in [0.4, 0.5) is 4.39 Å². The highest BCUT2D eigenvalue weighted by Crippen LogP contribution is 2.33. The summed E-state index contributed by atoms with van der Waals surface area (Å²) in [7, 11) is -2.71. The lowest BCUT2D eigenvalue weighted by atomic mass is 10.0. The van der Waals surface area contributed by atoms with Crippen LogP contribution in [0.5, 0.6) is 0 Å². The van der Waals surface area contributed by atoms with Crippen molar-refractivity contribution in [2.75, 3.05) is 7.11 Å². The molecule has 0 unspecified atom stereocenters. The highest BCUT2D eigenvalue weighted by atomic mass is 35.5. The molecule has 0 aliphatic heterocycles. The van der Waals surface area contributed by atoms with Gasteiger partial charge in [0, 0.05) is 29.2 Å². The number of fused-ring (bicyclic) bond motifs is 1. The fourth-order valence-corrected chi connectivity index (χ4v) is 5.82. The predicted octanol–water partition coefficient (Wildman–Crippen LogP) is 4.73. The zero-order valence-corrected chi connectivity index (χ0v) is 19.5. The molecule has 0 saturated carbocycles. The fraction of sp³-hybridized carbons (Fsp3) is 0.167. The average molecular weight is 487 g/mol. The van der Waals surface area contributed by atoms with E-state index in [0.29, 0.717) is 27.7 Å². The molecular weight excluding hydrogens is 467 g/mol. The molecule has 6 nitrogen and oxygen atoms in total. The number of benzene rings is 2. The zero-order chi connectivity index (χ0) is 23.8. The van der Waals surface area contributed by atoms with Crippen molar-refractivity contribution in [3.05, 3.63) is 88.5 Å². The summed E-state index contributed by atoms with van der Waals surface area (Å²) < 4.78 is 47.4. The minimum Gasteiger partial charge on any atom is -0.468 e. The number of aromatic nitrogens is 2. The smallest absolute Gasteiger partial charge is 0.325 e. The number of sulfone groups is 1. The summed E-state index contributed by atoms with van der Waals surface area (Å²) in [6.45, 7) is 1.75. The van der Waals surface area contributed by atoms with Crippen LogP contribution < -0.4 is 0 Å². The Hall–Kier alpha value is -3.23. The van der Waals surface area contributed by atoms with Crippen molar-refractivity contribution in [3.8, 4) is 0 Å². The third-order valence-electron chi connectivity index (χ3n) is 5.53. The number of carbonyl (C=O) groups excluding carboxylic acids is 1. The van der Waals surface area contributed by atoms with Crippen LogP contribution in [0.15, 0.2) is 70.7 Å². The van der Waals surface area contributed by atoms with Crippen molar-refractivity contribution in [1.82, 2.24) is 9.55 Å². The van der Waals surface area contributed by atoms with E-state index in [0.717, 1.165) is 0 Å². The van der Waals surface area contributed by atoms with Crippen LogP contribution in [0.2, 0.25) is 5.02 Å². The third-order valence-corrected chi connectivity index (χ3v) is 7.78. The first-order chi connectivity index (χ1) is 15.7. The third kappa shape index (κ3) is 4.24. The van der Waals surface area contributed by atoms with Crippen LogP contribution in [0, 0.1) is 12.7 Å². The number of halogens is 2. The maximum Gasteiger partial charge on any atom is 0.325 e. The number of pyridine rings is 1. The van der Waals surface area contributed by atoms with Crippen LogP contribution in [0.3, 0.4) is 0 Å². The Morgan fingerprint density at radius 2 is 1.91 bits per heavy atom. The van der Waals surface area contributed by atoms with E-state index in [1.54, 1.807) is 41.8 Å². The van der Waals surface area contributed by atoms with Crippen LogP contribution in [-0.2, 0) is 32.3 Å². The summed E-state index contributed by atoms with van der Waals surface area (Å²) in [6, 6.07) is 13.8. The number of ether oxygens (including phenoxy) is 1. The number of methoxy groups -OCH3 is 1. The van der Waals surface area contributed by atoms with Gasteiger partial charge in [0.05, 0.1) is 17.0 Å². The minimum atomic E-state index is -4.01. The lowest BCUT2D eigenvalue weighted by Gasteiger charge is -2.11. The molecule has 33 heavy (non-hydrogen) atoms. The molecule has 0 saturated heterocycles. The normalized spacial score (nSPS) is 11.6. The van der Waals surface area contributed by atoms with E-state index < -0.39 is 21.6 Å². The van der Waals surface area contributed by atoms with Gasteiger partial charge in [-0.15, -0.1) is 0 Å². The molecule has 2 aromatic heterocycles. The summed E-state index contributed by atoms with van der Waals surface area (Å²) in [4.78, 5) is 16.1. The Balaban J connectivity index is 1.87. The van der Waals surface area contributed by atoms with E-state index >= 15 is 0 Å². The van der Waals surface area contributed by atoms with Gasteiger partial charge >= 0.3 is 5.97 Å². The molecule has 0 amide bonds. The fourth-order valence-electron chi connectivity index (χ4n) is 3.90. The summed E-state index contributed by atoms with van der Waals surface area (Å²) in [5.41, 5.74) is 2.47. The van der Waals surface area contributed by atoms with Gasteiger partial charge in [0.25, 0.3) is 0 Å². The van der Waals surface area contributed by atoms with Crippen molar-refractivity contribution in [1.29, 1.82) is 0 Å². The molecule has 0 fully saturated rings. The number of rotatable bonds is 6. The van der Waals surface area contributed by atoms with E-state index in [4.69, 9.17) is 16.3 Å². The predicted molar refractivity (Wildman–Crippen MR) is 123 cm³/mol. The van der Waals surface area contributed by atoms with Crippen LogP contribution in [0.25, 0.3) is 10.9 Å². The van der Waals surface area contributed by atoms with Crippen LogP contribution in [-0.4, -0.2) is 31.0 Å². The molecule has 2 heterocycles. The topological polar surface area (TPSA) is 78.3 Å². The standard InChI is InChI=1S/C24H20ClFN2O4S/c1-15-18(19-13-17(26)9-10-21(19)28(15)14-23(29)32-2)12-16-6-5-11-27-24(16)33(30,31)22-8-4-3-7-20(22)25/h3-11,13H,12,14H2,1-2H3. The highest BCUT2D eigenvalue weighted by Gasteiger charge is 2.26. The average Bonchev–Trinajstić information content (AvgIpc) is 3.04. The molecule has 0 atom stereocenters. The Kier molecular flexibility index (Phi) is 6.23. The van der Waals surface area contributed by atoms with Crippen molar-refractivity contribution in [2.24, 2.45) is 0 Å². The zero-order valence-electron chi connectivity index (χ0n) is 17.9. The second-order valence-electron chi connectivity index (χ2n) is 7.47. The first kappa shape index (κ1) is 22.9. The quantitative estimate of drug-likeness (QED) is 0.368. The molecule has 0 spiro atoms. The molecule has 0 bridgehead atoms. The Morgan fingerprint density at radius 1 is 1.15 bits per heavy atom. The van der Waals surface area contributed by atoms with Gasteiger partial charge in [-0.2, -0.15) is 0 Å². The van der Waals surface area contributed by atoms with E-state index in [-0.39, 0.29) is 27.9 Å². The van der Waals surface area contributed by atoms with E-state index in [1.807, 2.05) is 0 Å². The number of esters is 1. The summed E-state index contributed by atoms with van der Waals surface area (Å²) in [5, 5.41) is 0.561. The second kappa shape index (κ2) is 8.96. The molecule has 9 heteroatoms. The monoisotopic (exact) mass is 486 g/mol. The summed E-state index contributed by atoms with van der Waals surface area (Å²) >= 11 is 6.16. The highest BCUT2D eigenvalue weighted by molar-refractivity contribution is 7.91. The molecule has 170 valence electrons. The van der Waals surface area contributed by atoms with Crippen LogP contribution in [0.1, 0.15) is 16.8 Å². The largest absolute Gasteiger partial charge is 0.468 e. The molecular formula is C24H20ClFN2O4S. The maximum absolute atomic E-state index is 14.1. The molecule has 4 aromatic rings. The van der Waals surface area contributed by atoms with Gasteiger partial charge in [-0.25, -0.2) is 17.8 Å². The minimum absolute atomic E-state index is 0.0393. The lowest BCUT2D eigenvalue weighted by Crippen LogP contribution is -2.13. The van der Waals surface area contributed by atoms with Gasteiger partial charge in [0.1, 0.15) is 12.4 Å². The van der Waals surface area contributed by atoms with Gasteiger partial charge in [-0.1, -0.05) is 29.8 Å². The Bertz CT molecular complexity index is 1480. The van der Waals surface area contributed by atoms with E-state index in [9.17, 15) is 17.6 Å². The molecule has 2 aromatic carbocycles. The van der Waals surface area contributed by atoms with Crippen LogP contribution >= 0.6 is 11.6 Å². The molecule has 0 radical (unpaired) electrons. The van der Waals surface area contributed by atoms with Crippen molar-refractivity contribution in [2.45, 2.75) is 29.8 Å². The summed E-state index contributed by atoms with van der Waals surface area (Å²) in [6.07, 6.45) is 1.56. The number of carbonyl (C=O) groups is 1. The summed E-state index contributed by atoms with van der Waals surface area (Å²) in [5.74, 6) is -0.886. The second-order valence-corrected chi connectivity index (χ2v) is 9.71. The molecule has 4 rings (SSSR count). The lowest BCUT2D eigenvalue weighted by molar-refractivity contribution is -0.141.